The zero-order valence-electron chi connectivity index (χ0n) is 10.9. The normalized spacial score (nSPS) is 21.1. The fourth-order valence-electron chi connectivity index (χ4n) is 1.97. The van der Waals surface area contributed by atoms with Crippen molar-refractivity contribution in [1.82, 2.24) is 0 Å². The van der Waals surface area contributed by atoms with E-state index in [-0.39, 0.29) is 17.1 Å². The molecule has 0 bridgehead atoms. The van der Waals surface area contributed by atoms with Crippen LogP contribution < -0.4 is 9.47 Å². The molecule has 1 aliphatic heterocycles. The lowest BCUT2D eigenvalue weighted by Gasteiger charge is -2.35. The first kappa shape index (κ1) is 15.5. The molecule has 21 heavy (non-hydrogen) atoms. The van der Waals surface area contributed by atoms with E-state index in [0.29, 0.717) is 5.56 Å². The monoisotopic (exact) mass is 322 g/mol. The summed E-state index contributed by atoms with van der Waals surface area (Å²) in [6, 6.07) is 2.99. The summed E-state index contributed by atoms with van der Waals surface area (Å²) in [5.74, 6) is -2.02. The maximum absolute atomic E-state index is 13.2. The summed E-state index contributed by atoms with van der Waals surface area (Å²) in [5.41, 5.74) is -0.377. The van der Waals surface area contributed by atoms with Crippen molar-refractivity contribution in [3.8, 4) is 11.5 Å². The zero-order valence-corrected chi connectivity index (χ0v) is 11.7. The van der Waals surface area contributed by atoms with E-state index in [2.05, 4.69) is 0 Å². The van der Waals surface area contributed by atoms with Crippen molar-refractivity contribution >= 4 is 23.6 Å². The number of benzene rings is 1. The van der Waals surface area contributed by atoms with Gasteiger partial charge in [-0.1, -0.05) is 17.7 Å². The fraction of sp³-hybridized carbons (Fsp3) is 0.308. The Balaban J connectivity index is 2.76. The summed E-state index contributed by atoms with van der Waals surface area (Å²) in [6.45, 7) is 1.60. The SMILES string of the molecule is COc1ccc(C)c2c1OC(Cl)(C(F)(F)F)C(C(=O)O)=C2. The van der Waals surface area contributed by atoms with Gasteiger partial charge in [0.2, 0.25) is 0 Å². The summed E-state index contributed by atoms with van der Waals surface area (Å²) in [7, 11) is 1.26. The molecule has 1 N–H and O–H groups in total. The molecular formula is C13H10ClF3O4. The number of alkyl halides is 4. The quantitative estimate of drug-likeness (QED) is 0.848. The molecule has 1 aromatic carbocycles. The number of halogens is 4. The van der Waals surface area contributed by atoms with Crippen LogP contribution >= 0.6 is 11.6 Å². The molecule has 8 heteroatoms. The van der Waals surface area contributed by atoms with Crippen molar-refractivity contribution < 1.29 is 32.5 Å². The predicted octanol–water partition coefficient (Wildman–Crippen LogP) is 3.36. The topological polar surface area (TPSA) is 55.8 Å². The van der Waals surface area contributed by atoms with E-state index in [9.17, 15) is 18.0 Å². The fourth-order valence-corrected chi connectivity index (χ4v) is 2.18. The van der Waals surface area contributed by atoms with Gasteiger partial charge >= 0.3 is 17.2 Å². The molecule has 0 saturated carbocycles. The smallest absolute Gasteiger partial charge is 0.448 e. The predicted molar refractivity (Wildman–Crippen MR) is 68.6 cm³/mol. The van der Waals surface area contributed by atoms with E-state index in [0.717, 1.165) is 6.08 Å². The number of methoxy groups -OCH3 is 1. The highest BCUT2D eigenvalue weighted by Crippen LogP contribution is 2.51. The summed E-state index contributed by atoms with van der Waals surface area (Å²) in [4.78, 5) is 11.1. The van der Waals surface area contributed by atoms with Crippen LogP contribution in [0.4, 0.5) is 13.2 Å². The van der Waals surface area contributed by atoms with Crippen LogP contribution in [0.15, 0.2) is 17.7 Å². The molecule has 0 radical (unpaired) electrons. The minimum atomic E-state index is -5.12. The maximum atomic E-state index is 13.2. The van der Waals surface area contributed by atoms with Gasteiger partial charge in [-0.05, 0) is 24.6 Å². The Morgan fingerprint density at radius 2 is 2.05 bits per heavy atom. The zero-order chi connectivity index (χ0) is 16.0. The molecule has 1 aliphatic rings. The van der Waals surface area contributed by atoms with Gasteiger partial charge in [-0.3, -0.25) is 0 Å². The number of aryl methyl sites for hydroxylation is 1. The third-order valence-corrected chi connectivity index (χ3v) is 3.57. The lowest BCUT2D eigenvalue weighted by Crippen LogP contribution is -2.50. The third-order valence-electron chi connectivity index (χ3n) is 3.07. The Hall–Kier alpha value is -1.89. The first-order valence-electron chi connectivity index (χ1n) is 5.69. The molecule has 0 saturated heterocycles. The molecule has 1 heterocycles. The number of ether oxygens (including phenoxy) is 2. The highest BCUT2D eigenvalue weighted by Gasteiger charge is 2.63. The van der Waals surface area contributed by atoms with Crippen molar-refractivity contribution in [2.24, 2.45) is 0 Å². The number of fused-ring (bicyclic) bond motifs is 1. The van der Waals surface area contributed by atoms with Crippen LogP contribution in [0, 0.1) is 6.92 Å². The Morgan fingerprint density at radius 3 is 2.52 bits per heavy atom. The molecule has 4 nitrogen and oxygen atoms in total. The van der Waals surface area contributed by atoms with Gasteiger partial charge < -0.3 is 14.6 Å². The van der Waals surface area contributed by atoms with Crippen LogP contribution in [0.25, 0.3) is 6.08 Å². The second-order valence-corrected chi connectivity index (χ2v) is 4.92. The molecular weight excluding hydrogens is 313 g/mol. The van der Waals surface area contributed by atoms with Gasteiger partial charge in [0.15, 0.2) is 11.5 Å². The second kappa shape index (κ2) is 4.84. The number of carboxylic acids is 1. The van der Waals surface area contributed by atoms with Gasteiger partial charge in [-0.15, -0.1) is 0 Å². The molecule has 0 aromatic heterocycles. The average Bonchev–Trinajstić information content (AvgIpc) is 2.37. The Morgan fingerprint density at radius 1 is 1.43 bits per heavy atom. The maximum Gasteiger partial charge on any atom is 0.448 e. The Bertz CT molecular complexity index is 639. The number of aliphatic carboxylic acids is 1. The molecule has 1 atom stereocenters. The van der Waals surface area contributed by atoms with Crippen LogP contribution in [-0.4, -0.2) is 29.4 Å². The van der Waals surface area contributed by atoms with Crippen molar-refractivity contribution in [2.75, 3.05) is 7.11 Å². The van der Waals surface area contributed by atoms with Gasteiger partial charge in [0.1, 0.15) is 5.57 Å². The Labute approximate surface area is 122 Å². The summed E-state index contributed by atoms with van der Waals surface area (Å²) >= 11 is 5.47. The van der Waals surface area contributed by atoms with E-state index in [1.165, 1.54) is 13.2 Å². The van der Waals surface area contributed by atoms with E-state index in [1.807, 2.05) is 0 Å². The number of hydrogen-bond donors (Lipinski definition) is 1. The molecule has 1 aromatic rings. The minimum Gasteiger partial charge on any atom is -0.493 e. The number of carboxylic acid groups (broad SMARTS) is 1. The van der Waals surface area contributed by atoms with Crippen LogP contribution in [0.3, 0.4) is 0 Å². The molecule has 0 aliphatic carbocycles. The number of carbonyl (C=O) groups is 1. The van der Waals surface area contributed by atoms with Crippen LogP contribution in [-0.2, 0) is 4.79 Å². The first-order valence-corrected chi connectivity index (χ1v) is 6.07. The minimum absolute atomic E-state index is 0.0329. The molecule has 0 spiro atoms. The van der Waals surface area contributed by atoms with Crippen LogP contribution in [0.2, 0.25) is 0 Å². The van der Waals surface area contributed by atoms with E-state index in [4.69, 9.17) is 26.2 Å². The van der Waals surface area contributed by atoms with Crippen LogP contribution in [0.5, 0.6) is 11.5 Å². The molecule has 1 unspecified atom stereocenters. The lowest BCUT2D eigenvalue weighted by molar-refractivity contribution is -0.204. The van der Waals surface area contributed by atoms with Gasteiger partial charge in [0.05, 0.1) is 7.11 Å². The second-order valence-electron chi connectivity index (χ2n) is 4.39. The van der Waals surface area contributed by atoms with Crippen molar-refractivity contribution in [1.29, 1.82) is 0 Å². The number of hydrogen-bond acceptors (Lipinski definition) is 3. The van der Waals surface area contributed by atoms with E-state index < -0.39 is 22.8 Å². The van der Waals surface area contributed by atoms with Gasteiger partial charge in [-0.25, -0.2) is 4.79 Å². The number of rotatable bonds is 2. The third kappa shape index (κ3) is 2.31. The lowest BCUT2D eigenvalue weighted by atomic mass is 9.97. The van der Waals surface area contributed by atoms with Gasteiger partial charge in [-0.2, -0.15) is 13.2 Å². The Kier molecular flexibility index (Phi) is 3.57. The van der Waals surface area contributed by atoms with E-state index >= 15 is 0 Å². The molecule has 2 rings (SSSR count). The summed E-state index contributed by atoms with van der Waals surface area (Å²) in [6.07, 6.45) is -4.26. The molecule has 0 fully saturated rings. The highest BCUT2D eigenvalue weighted by atomic mass is 35.5. The van der Waals surface area contributed by atoms with E-state index in [1.54, 1.807) is 13.0 Å². The molecule has 0 amide bonds. The van der Waals surface area contributed by atoms with Crippen molar-refractivity contribution in [2.45, 2.75) is 18.2 Å². The van der Waals surface area contributed by atoms with Crippen molar-refractivity contribution in [3.63, 3.8) is 0 Å². The summed E-state index contributed by atoms with van der Waals surface area (Å²) < 4.78 is 49.3. The molecule has 114 valence electrons. The van der Waals surface area contributed by atoms with Gasteiger partial charge in [0, 0.05) is 5.56 Å². The summed E-state index contributed by atoms with van der Waals surface area (Å²) in [5, 5.41) is 5.55. The van der Waals surface area contributed by atoms with Crippen LogP contribution in [0.1, 0.15) is 11.1 Å². The highest BCUT2D eigenvalue weighted by molar-refractivity contribution is 6.29. The van der Waals surface area contributed by atoms with Crippen molar-refractivity contribution in [3.05, 3.63) is 28.8 Å². The largest absolute Gasteiger partial charge is 0.493 e. The van der Waals surface area contributed by atoms with Gasteiger partial charge in [0.25, 0.3) is 0 Å². The standard InChI is InChI=1S/C13H10ClF3O4/c1-6-3-4-9(20-2)10-7(6)5-8(11(18)19)12(14,21-10)13(15,16)17/h3-5H,1-2H3,(H,18,19). The average molecular weight is 323 g/mol. The first-order chi connectivity index (χ1) is 9.61.